The van der Waals surface area contributed by atoms with Gasteiger partial charge in [0.1, 0.15) is 5.75 Å². The second kappa shape index (κ2) is 8.29. The number of carbonyl (C=O) groups is 2. The lowest BCUT2D eigenvalue weighted by molar-refractivity contribution is -0.136. The molecule has 2 N–H and O–H groups in total. The topological polar surface area (TPSA) is 67.4 Å². The zero-order chi connectivity index (χ0) is 15.8. The molecule has 0 aliphatic carbocycles. The van der Waals surface area contributed by atoms with Crippen LogP contribution in [-0.4, -0.2) is 24.5 Å². The molecule has 5 heteroatoms. The van der Waals surface area contributed by atoms with Crippen LogP contribution in [0.25, 0.3) is 0 Å². The maximum absolute atomic E-state index is 11.7. The Labute approximate surface area is 126 Å². The highest BCUT2D eigenvalue weighted by Crippen LogP contribution is 2.16. The average Bonchev–Trinajstić information content (AvgIpc) is 2.46. The molecule has 0 heterocycles. The van der Waals surface area contributed by atoms with Gasteiger partial charge in [-0.15, -0.1) is 0 Å². The molecule has 0 aliphatic rings. The van der Waals surface area contributed by atoms with Crippen molar-refractivity contribution in [1.29, 1.82) is 0 Å². The molecule has 0 bridgehead atoms. The monoisotopic (exact) mass is 292 g/mol. The molecule has 0 radical (unpaired) electrons. The van der Waals surface area contributed by atoms with Crippen LogP contribution in [0.15, 0.2) is 24.3 Å². The second-order valence-corrected chi connectivity index (χ2v) is 5.47. The van der Waals surface area contributed by atoms with E-state index >= 15 is 0 Å². The number of amides is 2. The summed E-state index contributed by atoms with van der Waals surface area (Å²) in [6.07, 6.45) is 0.779. The van der Waals surface area contributed by atoms with E-state index in [4.69, 9.17) is 4.74 Å². The van der Waals surface area contributed by atoms with Crippen molar-refractivity contribution in [3.05, 3.63) is 24.3 Å². The Hall–Kier alpha value is -2.04. The van der Waals surface area contributed by atoms with Crippen LogP contribution in [0.3, 0.4) is 0 Å². The summed E-state index contributed by atoms with van der Waals surface area (Å²) >= 11 is 0. The van der Waals surface area contributed by atoms with Crippen molar-refractivity contribution in [2.45, 2.75) is 40.2 Å². The summed E-state index contributed by atoms with van der Waals surface area (Å²) < 4.78 is 5.55. The molecule has 0 aromatic heterocycles. The van der Waals surface area contributed by atoms with Crippen LogP contribution in [0.5, 0.6) is 5.75 Å². The number of ether oxygens (including phenoxy) is 1. The number of benzene rings is 1. The molecule has 0 saturated heterocycles. The van der Waals surface area contributed by atoms with E-state index in [-0.39, 0.29) is 6.04 Å². The Morgan fingerprint density at radius 3 is 2.24 bits per heavy atom. The minimum Gasteiger partial charge on any atom is -0.493 e. The number of hydrogen-bond donors (Lipinski definition) is 2. The zero-order valence-corrected chi connectivity index (χ0v) is 13.1. The Morgan fingerprint density at radius 2 is 1.71 bits per heavy atom. The molecule has 116 valence electrons. The largest absolute Gasteiger partial charge is 0.493 e. The van der Waals surface area contributed by atoms with Gasteiger partial charge in [-0.05, 0) is 43.5 Å². The molecule has 5 nitrogen and oxygen atoms in total. The molecule has 0 spiro atoms. The van der Waals surface area contributed by atoms with Gasteiger partial charge in [-0.25, -0.2) is 0 Å². The molecule has 0 saturated carbocycles. The van der Waals surface area contributed by atoms with E-state index in [1.54, 1.807) is 24.3 Å². The van der Waals surface area contributed by atoms with Crippen molar-refractivity contribution >= 4 is 17.5 Å². The van der Waals surface area contributed by atoms with Gasteiger partial charge in [0, 0.05) is 11.7 Å². The maximum Gasteiger partial charge on any atom is 0.313 e. The smallest absolute Gasteiger partial charge is 0.313 e. The normalized spacial score (nSPS) is 11.9. The van der Waals surface area contributed by atoms with Crippen LogP contribution in [0.1, 0.15) is 34.1 Å². The third-order valence-electron chi connectivity index (χ3n) is 2.89. The van der Waals surface area contributed by atoms with Crippen molar-refractivity contribution in [2.24, 2.45) is 5.92 Å². The number of anilines is 1. The van der Waals surface area contributed by atoms with Crippen LogP contribution in [0.4, 0.5) is 5.69 Å². The Kier molecular flexibility index (Phi) is 6.72. The molecule has 0 aliphatic heterocycles. The zero-order valence-electron chi connectivity index (χ0n) is 13.1. The minimum atomic E-state index is -0.661. The van der Waals surface area contributed by atoms with Gasteiger partial charge in [-0.3, -0.25) is 9.59 Å². The molecule has 0 fully saturated rings. The van der Waals surface area contributed by atoms with E-state index in [0.29, 0.717) is 18.2 Å². The molecule has 21 heavy (non-hydrogen) atoms. The number of nitrogens with one attached hydrogen (secondary N) is 2. The lowest BCUT2D eigenvalue weighted by atomic mass is 10.2. The van der Waals surface area contributed by atoms with Crippen LogP contribution in [-0.2, 0) is 9.59 Å². The van der Waals surface area contributed by atoms with Crippen molar-refractivity contribution in [3.63, 3.8) is 0 Å². The minimum absolute atomic E-state index is 0.0185. The summed E-state index contributed by atoms with van der Waals surface area (Å²) in [6.45, 7) is 8.59. The molecule has 1 aromatic carbocycles. The molecule has 1 atom stereocenters. The van der Waals surface area contributed by atoms with Gasteiger partial charge >= 0.3 is 11.8 Å². The molecule has 0 unspecified atom stereocenters. The van der Waals surface area contributed by atoms with Crippen LogP contribution < -0.4 is 15.4 Å². The Bertz CT molecular complexity index is 469. The first-order valence-electron chi connectivity index (χ1n) is 7.27. The summed E-state index contributed by atoms with van der Waals surface area (Å²) in [6, 6.07) is 6.94. The van der Waals surface area contributed by atoms with E-state index in [9.17, 15) is 9.59 Å². The lowest BCUT2D eigenvalue weighted by Gasteiger charge is -2.12. The molecular weight excluding hydrogens is 268 g/mol. The second-order valence-electron chi connectivity index (χ2n) is 5.47. The van der Waals surface area contributed by atoms with Gasteiger partial charge in [0.05, 0.1) is 6.61 Å². The average molecular weight is 292 g/mol. The standard InChI is InChI=1S/C16H24N2O3/c1-5-12(4)17-15(19)16(20)18-13-6-8-14(9-7-13)21-10-11(2)3/h6-9,11-12H,5,10H2,1-4H3,(H,17,19)(H,18,20)/t12-/m1/s1. The molecule has 1 rings (SSSR count). The van der Waals surface area contributed by atoms with Crippen LogP contribution in [0, 0.1) is 5.92 Å². The van der Waals surface area contributed by atoms with Crippen molar-refractivity contribution in [2.75, 3.05) is 11.9 Å². The number of rotatable bonds is 6. The van der Waals surface area contributed by atoms with Gasteiger partial charge in [0.2, 0.25) is 0 Å². The van der Waals surface area contributed by atoms with Gasteiger partial charge in [0.15, 0.2) is 0 Å². The highest BCUT2D eigenvalue weighted by molar-refractivity contribution is 6.39. The van der Waals surface area contributed by atoms with Gasteiger partial charge in [-0.1, -0.05) is 20.8 Å². The Balaban J connectivity index is 2.51. The predicted octanol–water partition coefficient (Wildman–Crippen LogP) is 2.57. The Morgan fingerprint density at radius 1 is 1.10 bits per heavy atom. The van der Waals surface area contributed by atoms with Crippen molar-refractivity contribution < 1.29 is 14.3 Å². The molecular formula is C16H24N2O3. The number of carbonyl (C=O) groups excluding carboxylic acids is 2. The fourth-order valence-electron chi connectivity index (χ4n) is 1.48. The summed E-state index contributed by atoms with van der Waals surface area (Å²) in [7, 11) is 0. The SMILES string of the molecule is CC[C@@H](C)NC(=O)C(=O)Nc1ccc(OCC(C)C)cc1. The first-order chi connectivity index (χ1) is 9.92. The van der Waals surface area contributed by atoms with Crippen molar-refractivity contribution in [1.82, 2.24) is 5.32 Å². The number of hydrogen-bond acceptors (Lipinski definition) is 3. The fourth-order valence-corrected chi connectivity index (χ4v) is 1.48. The van der Waals surface area contributed by atoms with E-state index in [0.717, 1.165) is 12.2 Å². The molecule has 2 amide bonds. The van der Waals surface area contributed by atoms with Gasteiger partial charge in [-0.2, -0.15) is 0 Å². The van der Waals surface area contributed by atoms with Gasteiger partial charge < -0.3 is 15.4 Å². The third kappa shape index (κ3) is 6.29. The summed E-state index contributed by atoms with van der Waals surface area (Å²) in [5, 5.41) is 5.17. The van der Waals surface area contributed by atoms with Crippen LogP contribution >= 0.6 is 0 Å². The fraction of sp³-hybridized carbons (Fsp3) is 0.500. The summed E-state index contributed by atoms with van der Waals surface area (Å²) in [4.78, 5) is 23.3. The highest BCUT2D eigenvalue weighted by atomic mass is 16.5. The van der Waals surface area contributed by atoms with Gasteiger partial charge in [0.25, 0.3) is 0 Å². The first-order valence-corrected chi connectivity index (χ1v) is 7.27. The van der Waals surface area contributed by atoms with E-state index < -0.39 is 11.8 Å². The third-order valence-corrected chi connectivity index (χ3v) is 2.89. The van der Waals surface area contributed by atoms with E-state index in [1.807, 2.05) is 13.8 Å². The maximum atomic E-state index is 11.7. The summed E-state index contributed by atoms with van der Waals surface area (Å²) in [5.74, 6) is -0.0879. The highest BCUT2D eigenvalue weighted by Gasteiger charge is 2.15. The molecule has 1 aromatic rings. The summed E-state index contributed by atoms with van der Waals surface area (Å²) in [5.41, 5.74) is 0.566. The lowest BCUT2D eigenvalue weighted by Crippen LogP contribution is -2.40. The van der Waals surface area contributed by atoms with E-state index in [1.165, 1.54) is 0 Å². The first kappa shape index (κ1) is 17.0. The predicted molar refractivity (Wildman–Crippen MR) is 83.3 cm³/mol. The van der Waals surface area contributed by atoms with Crippen molar-refractivity contribution in [3.8, 4) is 5.75 Å². The van der Waals surface area contributed by atoms with Crippen LogP contribution in [0.2, 0.25) is 0 Å². The van der Waals surface area contributed by atoms with E-state index in [2.05, 4.69) is 24.5 Å². The quantitative estimate of drug-likeness (QED) is 0.792.